The largest absolute Gasteiger partial charge is 0.353 e. The summed E-state index contributed by atoms with van der Waals surface area (Å²) in [5, 5.41) is 8.80. The van der Waals surface area contributed by atoms with E-state index in [1.54, 1.807) is 35.4 Å². The third-order valence-corrected chi connectivity index (χ3v) is 5.59. The molecule has 2 aromatic heterocycles. The summed E-state index contributed by atoms with van der Waals surface area (Å²) in [6.07, 6.45) is 3.35. The summed E-state index contributed by atoms with van der Waals surface area (Å²) < 4.78 is 1.74. The molecule has 146 valence electrons. The summed E-state index contributed by atoms with van der Waals surface area (Å²) in [6.45, 7) is 3.34. The minimum atomic E-state index is -0.116. The maximum absolute atomic E-state index is 12.4. The Kier molecular flexibility index (Phi) is 5.34. The summed E-state index contributed by atoms with van der Waals surface area (Å²) >= 11 is 12.1. The number of hydrogen-bond donors (Lipinski definition) is 1. The Labute approximate surface area is 172 Å². The van der Waals surface area contributed by atoms with E-state index in [4.69, 9.17) is 23.2 Å². The van der Waals surface area contributed by atoms with Crippen LogP contribution in [0.5, 0.6) is 0 Å². The van der Waals surface area contributed by atoms with Gasteiger partial charge in [-0.2, -0.15) is 5.10 Å². The lowest BCUT2D eigenvalue weighted by molar-refractivity contribution is -0.117. The lowest BCUT2D eigenvalue weighted by Crippen LogP contribution is -2.49. The van der Waals surface area contributed by atoms with Gasteiger partial charge in [0.25, 0.3) is 0 Å². The molecule has 1 fully saturated rings. The molecular weight excluding hydrogens is 401 g/mol. The van der Waals surface area contributed by atoms with Gasteiger partial charge in [-0.05, 0) is 12.1 Å². The molecule has 0 bridgehead atoms. The van der Waals surface area contributed by atoms with E-state index in [2.05, 4.69) is 30.2 Å². The number of carbonyl (C=O) groups excluding carboxylic acids is 1. The van der Waals surface area contributed by atoms with E-state index in [1.807, 2.05) is 7.05 Å². The Morgan fingerprint density at radius 2 is 1.96 bits per heavy atom. The number of carbonyl (C=O) groups is 1. The number of rotatable bonds is 4. The van der Waals surface area contributed by atoms with E-state index in [0.717, 1.165) is 43.0 Å². The van der Waals surface area contributed by atoms with Crippen LogP contribution in [0, 0.1) is 0 Å². The highest BCUT2D eigenvalue weighted by molar-refractivity contribution is 6.44. The SMILES string of the molecule is Cn1ncc2c(N3CCN(CC(=O)Nc4cccc(Cl)c4Cl)CC3)ncnc21. The molecule has 10 heteroatoms. The Morgan fingerprint density at radius 3 is 2.75 bits per heavy atom. The third-order valence-electron chi connectivity index (χ3n) is 4.77. The first-order chi connectivity index (χ1) is 13.5. The maximum atomic E-state index is 12.4. The van der Waals surface area contributed by atoms with Gasteiger partial charge in [0.1, 0.15) is 12.1 Å². The average Bonchev–Trinajstić information content (AvgIpc) is 3.07. The van der Waals surface area contributed by atoms with E-state index < -0.39 is 0 Å². The fourth-order valence-electron chi connectivity index (χ4n) is 3.31. The van der Waals surface area contributed by atoms with Gasteiger partial charge < -0.3 is 10.2 Å². The fraction of sp³-hybridized carbons (Fsp3) is 0.333. The van der Waals surface area contributed by atoms with Crippen molar-refractivity contribution < 1.29 is 4.79 Å². The van der Waals surface area contributed by atoms with Crippen LogP contribution in [0.4, 0.5) is 11.5 Å². The van der Waals surface area contributed by atoms with Crippen LogP contribution in [0.3, 0.4) is 0 Å². The molecule has 1 aliphatic heterocycles. The zero-order valence-corrected chi connectivity index (χ0v) is 16.8. The van der Waals surface area contributed by atoms with Crippen LogP contribution in [0.15, 0.2) is 30.7 Å². The molecule has 3 heterocycles. The number of nitrogens with zero attached hydrogens (tertiary/aromatic N) is 6. The van der Waals surface area contributed by atoms with Crippen molar-refractivity contribution in [2.75, 3.05) is 42.9 Å². The molecule has 0 atom stereocenters. The molecule has 1 N–H and O–H groups in total. The second-order valence-electron chi connectivity index (χ2n) is 6.62. The first-order valence-electron chi connectivity index (χ1n) is 8.87. The second-order valence-corrected chi connectivity index (χ2v) is 7.40. The Balaban J connectivity index is 1.36. The number of anilines is 2. The van der Waals surface area contributed by atoms with E-state index in [9.17, 15) is 4.79 Å². The molecule has 4 rings (SSSR count). The molecule has 1 aliphatic rings. The lowest BCUT2D eigenvalue weighted by atomic mass is 10.2. The third kappa shape index (κ3) is 3.76. The topological polar surface area (TPSA) is 79.2 Å². The van der Waals surface area contributed by atoms with Gasteiger partial charge in [0, 0.05) is 33.2 Å². The summed E-state index contributed by atoms with van der Waals surface area (Å²) in [7, 11) is 1.86. The number of benzene rings is 1. The molecule has 0 saturated carbocycles. The van der Waals surface area contributed by atoms with Gasteiger partial charge in [0.05, 0.1) is 33.9 Å². The van der Waals surface area contributed by atoms with E-state index in [1.165, 1.54) is 0 Å². The number of aryl methyl sites for hydroxylation is 1. The highest BCUT2D eigenvalue weighted by Crippen LogP contribution is 2.29. The van der Waals surface area contributed by atoms with Crippen LogP contribution in [0.25, 0.3) is 11.0 Å². The average molecular weight is 420 g/mol. The molecule has 0 aliphatic carbocycles. The first kappa shape index (κ1) is 18.9. The minimum Gasteiger partial charge on any atom is -0.353 e. The van der Waals surface area contributed by atoms with Crippen molar-refractivity contribution in [2.45, 2.75) is 0 Å². The summed E-state index contributed by atoms with van der Waals surface area (Å²) in [6, 6.07) is 5.17. The van der Waals surface area contributed by atoms with Crippen LogP contribution < -0.4 is 10.2 Å². The molecule has 8 nitrogen and oxygen atoms in total. The van der Waals surface area contributed by atoms with Crippen LogP contribution >= 0.6 is 23.2 Å². The molecule has 3 aromatic rings. The Bertz CT molecular complexity index is 1010. The highest BCUT2D eigenvalue weighted by atomic mass is 35.5. The number of halogens is 2. The van der Waals surface area contributed by atoms with Gasteiger partial charge >= 0.3 is 0 Å². The number of fused-ring (bicyclic) bond motifs is 1. The highest BCUT2D eigenvalue weighted by Gasteiger charge is 2.22. The Morgan fingerprint density at radius 1 is 1.18 bits per heavy atom. The monoisotopic (exact) mass is 419 g/mol. The molecule has 1 aromatic carbocycles. The van der Waals surface area contributed by atoms with Crippen molar-refractivity contribution in [3.05, 3.63) is 40.8 Å². The van der Waals surface area contributed by atoms with Crippen molar-refractivity contribution in [3.8, 4) is 0 Å². The number of amides is 1. The Hall–Kier alpha value is -2.42. The molecule has 1 amide bonds. The van der Waals surface area contributed by atoms with E-state index in [-0.39, 0.29) is 5.91 Å². The standard InChI is InChI=1S/C18H19Cl2N7O/c1-25-17-12(9-23-25)18(22-11-21-17)27-7-5-26(6-8-27)10-15(28)24-14-4-2-3-13(19)16(14)20/h2-4,9,11H,5-8,10H2,1H3,(H,24,28). The van der Waals surface area contributed by atoms with E-state index in [0.29, 0.717) is 22.3 Å². The first-order valence-corrected chi connectivity index (χ1v) is 9.62. The van der Waals surface area contributed by atoms with Crippen LogP contribution in [-0.4, -0.2) is 63.3 Å². The fourth-order valence-corrected chi connectivity index (χ4v) is 3.66. The van der Waals surface area contributed by atoms with E-state index >= 15 is 0 Å². The predicted molar refractivity (Wildman–Crippen MR) is 110 cm³/mol. The number of hydrogen-bond acceptors (Lipinski definition) is 6. The summed E-state index contributed by atoms with van der Waals surface area (Å²) in [5.74, 6) is 0.766. The molecular formula is C18H19Cl2N7O. The van der Waals surface area contributed by atoms with Gasteiger partial charge in [0.15, 0.2) is 5.65 Å². The number of piperazine rings is 1. The molecule has 1 saturated heterocycles. The van der Waals surface area contributed by atoms with Crippen molar-refractivity contribution in [1.29, 1.82) is 0 Å². The number of nitrogens with one attached hydrogen (secondary N) is 1. The van der Waals surface area contributed by atoms with Crippen molar-refractivity contribution >= 4 is 51.6 Å². The predicted octanol–water partition coefficient (Wildman–Crippen LogP) is 2.43. The van der Waals surface area contributed by atoms with Gasteiger partial charge in [-0.1, -0.05) is 29.3 Å². The van der Waals surface area contributed by atoms with Crippen LogP contribution in [0.1, 0.15) is 0 Å². The molecule has 28 heavy (non-hydrogen) atoms. The lowest BCUT2D eigenvalue weighted by Gasteiger charge is -2.35. The zero-order valence-electron chi connectivity index (χ0n) is 15.3. The van der Waals surface area contributed by atoms with Crippen LogP contribution in [-0.2, 0) is 11.8 Å². The van der Waals surface area contributed by atoms with Crippen LogP contribution in [0.2, 0.25) is 10.0 Å². The molecule has 0 radical (unpaired) electrons. The molecule has 0 unspecified atom stereocenters. The second kappa shape index (κ2) is 7.90. The smallest absolute Gasteiger partial charge is 0.238 e. The summed E-state index contributed by atoms with van der Waals surface area (Å²) in [4.78, 5) is 25.4. The van der Waals surface area contributed by atoms with Gasteiger partial charge in [-0.25, -0.2) is 9.97 Å². The van der Waals surface area contributed by atoms with Crippen molar-refractivity contribution in [3.63, 3.8) is 0 Å². The maximum Gasteiger partial charge on any atom is 0.238 e. The van der Waals surface area contributed by atoms with Crippen molar-refractivity contribution in [1.82, 2.24) is 24.6 Å². The normalized spacial score (nSPS) is 15.2. The van der Waals surface area contributed by atoms with Gasteiger partial charge in [-0.3, -0.25) is 14.4 Å². The minimum absolute atomic E-state index is 0.116. The number of aromatic nitrogens is 4. The summed E-state index contributed by atoms with van der Waals surface area (Å²) in [5.41, 5.74) is 1.34. The molecule has 0 spiro atoms. The van der Waals surface area contributed by atoms with Gasteiger partial charge in [0.2, 0.25) is 5.91 Å². The van der Waals surface area contributed by atoms with Crippen molar-refractivity contribution in [2.24, 2.45) is 7.05 Å². The quantitative estimate of drug-likeness (QED) is 0.699. The zero-order chi connectivity index (χ0) is 19.7. The van der Waals surface area contributed by atoms with Gasteiger partial charge in [-0.15, -0.1) is 0 Å².